The van der Waals surface area contributed by atoms with Gasteiger partial charge in [0.15, 0.2) is 0 Å². The Balaban J connectivity index is 1.96. The van der Waals surface area contributed by atoms with Crippen LogP contribution >= 0.6 is 0 Å². The maximum atomic E-state index is 11.5. The van der Waals surface area contributed by atoms with Gasteiger partial charge in [-0.2, -0.15) is 9.97 Å². The molecule has 24 heavy (non-hydrogen) atoms. The lowest BCUT2D eigenvalue weighted by Gasteiger charge is -2.33. The van der Waals surface area contributed by atoms with E-state index < -0.39 is 4.92 Å². The summed E-state index contributed by atoms with van der Waals surface area (Å²) >= 11 is 0. The number of piperidine rings is 2. The largest absolute Gasteiger partial charge is 0.378 e. The zero-order valence-electron chi connectivity index (χ0n) is 14.4. The summed E-state index contributed by atoms with van der Waals surface area (Å²) in [5.41, 5.74) is 5.80. The Labute approximate surface area is 142 Å². The minimum atomic E-state index is -0.453. The van der Waals surface area contributed by atoms with Gasteiger partial charge < -0.3 is 15.5 Å². The summed E-state index contributed by atoms with van der Waals surface area (Å²) in [6.07, 6.45) is 4.29. The number of aromatic nitrogens is 2. The lowest BCUT2D eigenvalue weighted by atomic mass is 9.99. The van der Waals surface area contributed by atoms with Crippen LogP contribution in [0.2, 0.25) is 0 Å². The van der Waals surface area contributed by atoms with Crippen LogP contribution in [-0.2, 0) is 0 Å². The van der Waals surface area contributed by atoms with E-state index >= 15 is 0 Å². The van der Waals surface area contributed by atoms with Crippen molar-refractivity contribution < 1.29 is 4.92 Å². The molecule has 0 bridgehead atoms. The lowest BCUT2D eigenvalue weighted by molar-refractivity contribution is -0.383. The molecule has 1 aromatic heterocycles. The van der Waals surface area contributed by atoms with Gasteiger partial charge in [-0.15, -0.1) is 0 Å². The van der Waals surface area contributed by atoms with Crippen molar-refractivity contribution in [2.75, 3.05) is 41.7 Å². The fraction of sp³-hybridized carbons (Fsp3) is 0.750. The average molecular weight is 334 g/mol. The van der Waals surface area contributed by atoms with Crippen molar-refractivity contribution in [3.8, 4) is 0 Å². The number of nitro groups is 1. The van der Waals surface area contributed by atoms with Gasteiger partial charge in [-0.3, -0.25) is 10.1 Å². The van der Waals surface area contributed by atoms with E-state index in [0.29, 0.717) is 23.6 Å². The molecule has 0 saturated carbocycles. The Kier molecular flexibility index (Phi) is 4.73. The first-order valence-electron chi connectivity index (χ1n) is 8.77. The highest BCUT2D eigenvalue weighted by molar-refractivity contribution is 5.71. The maximum Gasteiger partial charge on any atom is 0.353 e. The van der Waals surface area contributed by atoms with Gasteiger partial charge in [-0.1, -0.05) is 13.8 Å². The summed E-state index contributed by atoms with van der Waals surface area (Å²) in [6.45, 7) is 7.70. The third-order valence-electron chi connectivity index (χ3n) is 5.09. The minimum Gasteiger partial charge on any atom is -0.378 e. The lowest BCUT2D eigenvalue weighted by Crippen LogP contribution is -2.37. The van der Waals surface area contributed by atoms with Crippen LogP contribution in [0.1, 0.15) is 39.5 Å². The average Bonchev–Trinajstić information content (AvgIpc) is 2.54. The molecule has 2 aliphatic rings. The molecule has 0 spiro atoms. The first-order chi connectivity index (χ1) is 11.5. The Morgan fingerprint density at radius 1 is 1.08 bits per heavy atom. The van der Waals surface area contributed by atoms with Crippen LogP contribution < -0.4 is 15.5 Å². The topological polar surface area (TPSA) is 101 Å². The van der Waals surface area contributed by atoms with Crippen LogP contribution in [0.4, 0.5) is 23.3 Å². The zero-order chi connectivity index (χ0) is 17.3. The van der Waals surface area contributed by atoms with Gasteiger partial charge in [-0.25, -0.2) is 0 Å². The standard InChI is InChI=1S/C16H26N6O2/c1-11-5-8-20(9-6-11)15-13(22(23)24)14(17)18-16(19-15)21-7-3-4-12(2)10-21/h11-12H,3-10H2,1-2H3,(H2,17,18,19)/t12-/m1/s1. The van der Waals surface area contributed by atoms with Gasteiger partial charge in [0.05, 0.1) is 4.92 Å². The molecule has 0 aliphatic carbocycles. The maximum absolute atomic E-state index is 11.5. The normalized spacial score (nSPS) is 22.7. The molecule has 1 aromatic rings. The van der Waals surface area contributed by atoms with Crippen LogP contribution in [0.25, 0.3) is 0 Å². The van der Waals surface area contributed by atoms with Gasteiger partial charge in [0.2, 0.25) is 17.6 Å². The number of nitrogens with two attached hydrogens (primary N) is 1. The van der Waals surface area contributed by atoms with Crippen molar-refractivity contribution in [3.05, 3.63) is 10.1 Å². The molecule has 2 saturated heterocycles. The molecule has 0 radical (unpaired) electrons. The van der Waals surface area contributed by atoms with Gasteiger partial charge in [0.25, 0.3) is 0 Å². The van der Waals surface area contributed by atoms with E-state index in [1.807, 2.05) is 4.90 Å². The molecule has 2 fully saturated rings. The summed E-state index contributed by atoms with van der Waals surface area (Å²) in [6, 6.07) is 0. The van der Waals surface area contributed by atoms with Crippen molar-refractivity contribution in [2.45, 2.75) is 39.5 Å². The minimum absolute atomic E-state index is 0.0307. The quantitative estimate of drug-likeness (QED) is 0.669. The number of rotatable bonds is 3. The van der Waals surface area contributed by atoms with E-state index in [4.69, 9.17) is 5.73 Å². The number of nitrogen functional groups attached to an aromatic ring is 1. The third-order valence-corrected chi connectivity index (χ3v) is 5.09. The predicted octanol–water partition coefficient (Wildman–Crippen LogP) is 2.44. The first kappa shape index (κ1) is 16.7. The molecule has 2 N–H and O–H groups in total. The number of anilines is 3. The SMILES string of the molecule is CC1CCN(c2nc(N3CCC[C@@H](C)C3)nc(N)c2[N+](=O)[O-])CC1. The molecular weight excluding hydrogens is 308 g/mol. The molecule has 8 nitrogen and oxygen atoms in total. The van der Waals surface area contributed by atoms with Crippen LogP contribution in [0.5, 0.6) is 0 Å². The van der Waals surface area contributed by atoms with Crippen LogP contribution in [0.15, 0.2) is 0 Å². The third kappa shape index (κ3) is 3.37. The van der Waals surface area contributed by atoms with Crippen molar-refractivity contribution in [1.29, 1.82) is 0 Å². The summed E-state index contributed by atoms with van der Waals surface area (Å²) in [5, 5.41) is 11.5. The smallest absolute Gasteiger partial charge is 0.353 e. The van der Waals surface area contributed by atoms with Gasteiger partial charge in [0, 0.05) is 26.2 Å². The molecule has 3 rings (SSSR count). The number of hydrogen-bond acceptors (Lipinski definition) is 7. The fourth-order valence-corrected chi connectivity index (χ4v) is 3.58. The second-order valence-electron chi connectivity index (χ2n) is 7.20. The molecular formula is C16H26N6O2. The fourth-order valence-electron chi connectivity index (χ4n) is 3.58. The second-order valence-corrected chi connectivity index (χ2v) is 7.20. The summed E-state index contributed by atoms with van der Waals surface area (Å²) < 4.78 is 0. The Bertz CT molecular complexity index is 615. The van der Waals surface area contributed by atoms with Crippen molar-refractivity contribution >= 4 is 23.3 Å². The van der Waals surface area contributed by atoms with E-state index in [-0.39, 0.29) is 11.5 Å². The van der Waals surface area contributed by atoms with Crippen LogP contribution in [0, 0.1) is 22.0 Å². The van der Waals surface area contributed by atoms with Crippen LogP contribution in [0.3, 0.4) is 0 Å². The Hall–Kier alpha value is -2.12. The number of nitrogens with zero attached hydrogens (tertiary/aromatic N) is 5. The highest BCUT2D eigenvalue weighted by Gasteiger charge is 2.31. The van der Waals surface area contributed by atoms with Crippen molar-refractivity contribution in [1.82, 2.24) is 9.97 Å². The highest BCUT2D eigenvalue weighted by atomic mass is 16.6. The van der Waals surface area contributed by atoms with Crippen LogP contribution in [-0.4, -0.2) is 41.1 Å². The van der Waals surface area contributed by atoms with Crippen molar-refractivity contribution in [3.63, 3.8) is 0 Å². The molecule has 0 amide bonds. The van der Waals surface area contributed by atoms with Gasteiger partial charge in [0.1, 0.15) is 0 Å². The van der Waals surface area contributed by atoms with Gasteiger partial charge in [-0.05, 0) is 37.5 Å². The molecule has 0 aromatic carbocycles. The Morgan fingerprint density at radius 2 is 1.79 bits per heavy atom. The van der Waals surface area contributed by atoms with E-state index in [9.17, 15) is 10.1 Å². The molecule has 132 valence electrons. The molecule has 2 aliphatic heterocycles. The summed E-state index contributed by atoms with van der Waals surface area (Å²) in [7, 11) is 0. The highest BCUT2D eigenvalue weighted by Crippen LogP contribution is 2.35. The van der Waals surface area contributed by atoms with E-state index in [1.54, 1.807) is 0 Å². The monoisotopic (exact) mass is 334 g/mol. The van der Waals surface area contributed by atoms with E-state index in [1.165, 1.54) is 6.42 Å². The van der Waals surface area contributed by atoms with E-state index in [0.717, 1.165) is 45.4 Å². The molecule has 8 heteroatoms. The van der Waals surface area contributed by atoms with E-state index in [2.05, 4.69) is 28.7 Å². The van der Waals surface area contributed by atoms with Crippen molar-refractivity contribution in [2.24, 2.45) is 11.8 Å². The predicted molar refractivity (Wildman–Crippen MR) is 94.3 cm³/mol. The zero-order valence-corrected chi connectivity index (χ0v) is 14.4. The summed E-state index contributed by atoms with van der Waals surface area (Å²) in [5.74, 6) is 2.09. The second kappa shape index (κ2) is 6.78. The molecule has 0 unspecified atom stereocenters. The molecule has 1 atom stereocenters. The summed E-state index contributed by atoms with van der Waals surface area (Å²) in [4.78, 5) is 24.0. The Morgan fingerprint density at radius 3 is 2.42 bits per heavy atom. The first-order valence-corrected chi connectivity index (χ1v) is 8.77. The number of hydrogen-bond donors (Lipinski definition) is 1. The molecule has 3 heterocycles. The van der Waals surface area contributed by atoms with Gasteiger partial charge >= 0.3 is 5.69 Å².